The highest BCUT2D eigenvalue weighted by Gasteiger charge is 2.22. The van der Waals surface area contributed by atoms with E-state index < -0.39 is 0 Å². The van der Waals surface area contributed by atoms with Crippen LogP contribution in [-0.4, -0.2) is 28.2 Å². The van der Waals surface area contributed by atoms with Crippen LogP contribution in [-0.2, 0) is 13.0 Å². The van der Waals surface area contributed by atoms with Gasteiger partial charge in [-0.1, -0.05) is 36.4 Å². The van der Waals surface area contributed by atoms with E-state index in [4.69, 9.17) is 0 Å². The molecule has 2 heterocycles. The lowest BCUT2D eigenvalue weighted by molar-refractivity contribution is 0.0734. The number of pyridine rings is 1. The molecule has 2 amide bonds. The molecule has 5 heteroatoms. The summed E-state index contributed by atoms with van der Waals surface area (Å²) in [5.41, 5.74) is 4.93. The molecule has 1 aliphatic heterocycles. The molecule has 1 N–H and O–H groups in total. The standard InChI is InChI=1S/C23H21N3O2/c1-16-5-4-8-20(13-16)25-22(27)21-14-18(9-11-24-21)23(28)26-12-10-17-6-2-3-7-19(17)15-26/h2-9,11,13-14H,10,12,15H2,1H3,(H,25,27). The van der Waals surface area contributed by atoms with E-state index in [-0.39, 0.29) is 17.5 Å². The summed E-state index contributed by atoms with van der Waals surface area (Å²) in [6.45, 7) is 3.22. The van der Waals surface area contributed by atoms with Crippen LogP contribution in [0.1, 0.15) is 37.5 Å². The normalized spacial score (nSPS) is 13.0. The minimum atomic E-state index is -0.329. The number of nitrogens with zero attached hydrogens (tertiary/aromatic N) is 2. The molecule has 0 saturated carbocycles. The van der Waals surface area contributed by atoms with Gasteiger partial charge in [0.2, 0.25) is 0 Å². The monoisotopic (exact) mass is 371 g/mol. The molecule has 3 aromatic rings. The second-order valence-corrected chi connectivity index (χ2v) is 7.00. The maximum absolute atomic E-state index is 13.0. The van der Waals surface area contributed by atoms with E-state index in [1.165, 1.54) is 17.3 Å². The molecule has 0 saturated heterocycles. The summed E-state index contributed by atoms with van der Waals surface area (Å²) in [4.78, 5) is 31.5. The summed E-state index contributed by atoms with van der Waals surface area (Å²) in [7, 11) is 0. The zero-order valence-corrected chi connectivity index (χ0v) is 15.7. The van der Waals surface area contributed by atoms with Crippen LogP contribution in [0.2, 0.25) is 0 Å². The van der Waals surface area contributed by atoms with Gasteiger partial charge in [0.25, 0.3) is 11.8 Å². The Morgan fingerprint density at radius 2 is 1.82 bits per heavy atom. The summed E-state index contributed by atoms with van der Waals surface area (Å²) < 4.78 is 0. The molecule has 0 radical (unpaired) electrons. The lowest BCUT2D eigenvalue weighted by Crippen LogP contribution is -2.36. The number of amides is 2. The van der Waals surface area contributed by atoms with E-state index in [2.05, 4.69) is 22.4 Å². The molecule has 4 rings (SSSR count). The number of aryl methyl sites for hydroxylation is 1. The van der Waals surface area contributed by atoms with Crippen molar-refractivity contribution in [1.29, 1.82) is 0 Å². The van der Waals surface area contributed by atoms with Crippen LogP contribution in [0.15, 0.2) is 66.9 Å². The van der Waals surface area contributed by atoms with Gasteiger partial charge in [0.05, 0.1) is 0 Å². The van der Waals surface area contributed by atoms with E-state index in [9.17, 15) is 9.59 Å². The first-order valence-electron chi connectivity index (χ1n) is 9.30. The van der Waals surface area contributed by atoms with Gasteiger partial charge in [-0.25, -0.2) is 0 Å². The van der Waals surface area contributed by atoms with Crippen molar-refractivity contribution in [1.82, 2.24) is 9.88 Å². The van der Waals surface area contributed by atoms with Crippen molar-refractivity contribution in [3.8, 4) is 0 Å². The Balaban J connectivity index is 1.50. The van der Waals surface area contributed by atoms with Crippen LogP contribution in [0, 0.1) is 6.92 Å². The van der Waals surface area contributed by atoms with Crippen molar-refractivity contribution in [2.75, 3.05) is 11.9 Å². The van der Waals surface area contributed by atoms with Crippen LogP contribution < -0.4 is 5.32 Å². The van der Waals surface area contributed by atoms with E-state index in [1.807, 2.05) is 48.2 Å². The average Bonchev–Trinajstić information content (AvgIpc) is 2.73. The highest BCUT2D eigenvalue weighted by molar-refractivity contribution is 6.04. The Kier molecular flexibility index (Phi) is 4.89. The molecule has 28 heavy (non-hydrogen) atoms. The van der Waals surface area contributed by atoms with Crippen molar-refractivity contribution in [3.63, 3.8) is 0 Å². The molecule has 140 valence electrons. The topological polar surface area (TPSA) is 62.3 Å². The maximum atomic E-state index is 13.0. The fourth-order valence-electron chi connectivity index (χ4n) is 3.46. The molecule has 0 atom stereocenters. The summed E-state index contributed by atoms with van der Waals surface area (Å²) in [5, 5.41) is 2.83. The molecule has 0 spiro atoms. The number of carbonyl (C=O) groups is 2. The summed E-state index contributed by atoms with van der Waals surface area (Å²) in [6.07, 6.45) is 2.35. The maximum Gasteiger partial charge on any atom is 0.274 e. The number of anilines is 1. The highest BCUT2D eigenvalue weighted by Crippen LogP contribution is 2.20. The fraction of sp³-hybridized carbons (Fsp3) is 0.174. The smallest absolute Gasteiger partial charge is 0.274 e. The van der Waals surface area contributed by atoms with Crippen molar-refractivity contribution >= 4 is 17.5 Å². The third kappa shape index (κ3) is 3.78. The SMILES string of the molecule is Cc1cccc(NC(=O)c2cc(C(=O)N3CCc4ccccc4C3)ccn2)c1. The molecule has 1 aromatic heterocycles. The molecule has 0 aliphatic carbocycles. The van der Waals surface area contributed by atoms with E-state index in [0.29, 0.717) is 24.3 Å². The first-order chi connectivity index (χ1) is 13.6. The number of hydrogen-bond donors (Lipinski definition) is 1. The van der Waals surface area contributed by atoms with Crippen LogP contribution >= 0.6 is 0 Å². The van der Waals surface area contributed by atoms with Crippen molar-refractivity contribution in [2.45, 2.75) is 19.9 Å². The Bertz CT molecular complexity index is 1050. The van der Waals surface area contributed by atoms with Crippen molar-refractivity contribution in [2.24, 2.45) is 0 Å². The predicted octanol–water partition coefficient (Wildman–Crippen LogP) is 3.84. The number of rotatable bonds is 3. The zero-order valence-electron chi connectivity index (χ0n) is 15.7. The first kappa shape index (κ1) is 17.9. The highest BCUT2D eigenvalue weighted by atomic mass is 16.2. The third-order valence-electron chi connectivity index (χ3n) is 4.93. The number of hydrogen-bond acceptors (Lipinski definition) is 3. The van der Waals surface area contributed by atoms with Gasteiger partial charge in [-0.15, -0.1) is 0 Å². The Labute approximate surface area is 164 Å². The van der Waals surface area contributed by atoms with Gasteiger partial charge in [-0.2, -0.15) is 0 Å². The van der Waals surface area contributed by atoms with Gasteiger partial charge >= 0.3 is 0 Å². The quantitative estimate of drug-likeness (QED) is 0.761. The Morgan fingerprint density at radius 1 is 1.00 bits per heavy atom. The van der Waals surface area contributed by atoms with E-state index >= 15 is 0 Å². The van der Waals surface area contributed by atoms with Gasteiger partial charge < -0.3 is 10.2 Å². The van der Waals surface area contributed by atoms with Gasteiger partial charge in [0.15, 0.2) is 0 Å². The van der Waals surface area contributed by atoms with Gasteiger partial charge in [0.1, 0.15) is 5.69 Å². The third-order valence-corrected chi connectivity index (χ3v) is 4.93. The fourth-order valence-corrected chi connectivity index (χ4v) is 3.46. The van der Waals surface area contributed by atoms with E-state index in [0.717, 1.165) is 12.0 Å². The number of nitrogens with one attached hydrogen (secondary N) is 1. The van der Waals surface area contributed by atoms with Crippen LogP contribution in [0.5, 0.6) is 0 Å². The molecular formula is C23H21N3O2. The summed E-state index contributed by atoms with van der Waals surface area (Å²) in [6, 6.07) is 19.0. The first-order valence-corrected chi connectivity index (χ1v) is 9.30. The van der Waals surface area contributed by atoms with Crippen LogP contribution in [0.3, 0.4) is 0 Å². The summed E-state index contributed by atoms with van der Waals surface area (Å²) in [5.74, 6) is -0.411. The van der Waals surface area contributed by atoms with Gasteiger partial charge in [0, 0.05) is 30.5 Å². The predicted molar refractivity (Wildman–Crippen MR) is 108 cm³/mol. The number of benzene rings is 2. The number of carbonyl (C=O) groups excluding carboxylic acids is 2. The van der Waals surface area contributed by atoms with Crippen molar-refractivity contribution < 1.29 is 9.59 Å². The molecule has 0 bridgehead atoms. The minimum Gasteiger partial charge on any atom is -0.334 e. The number of fused-ring (bicyclic) bond motifs is 1. The molecule has 0 fully saturated rings. The van der Waals surface area contributed by atoms with Gasteiger partial charge in [-0.05, 0) is 54.3 Å². The lowest BCUT2D eigenvalue weighted by atomic mass is 9.99. The van der Waals surface area contributed by atoms with E-state index in [1.54, 1.807) is 12.1 Å². The minimum absolute atomic E-state index is 0.0819. The second-order valence-electron chi connectivity index (χ2n) is 7.00. The molecular weight excluding hydrogens is 350 g/mol. The average molecular weight is 371 g/mol. The van der Waals surface area contributed by atoms with Gasteiger partial charge in [-0.3, -0.25) is 14.6 Å². The Morgan fingerprint density at radius 3 is 2.64 bits per heavy atom. The molecule has 2 aromatic carbocycles. The summed E-state index contributed by atoms with van der Waals surface area (Å²) >= 11 is 0. The Hall–Kier alpha value is -3.47. The zero-order chi connectivity index (χ0) is 19.5. The van der Waals surface area contributed by atoms with Crippen molar-refractivity contribution in [3.05, 3.63) is 94.8 Å². The largest absolute Gasteiger partial charge is 0.334 e. The molecule has 5 nitrogen and oxygen atoms in total. The lowest BCUT2D eigenvalue weighted by Gasteiger charge is -2.29. The van der Waals surface area contributed by atoms with Crippen LogP contribution in [0.4, 0.5) is 5.69 Å². The second kappa shape index (κ2) is 7.64. The molecule has 0 unspecified atom stereocenters. The van der Waals surface area contributed by atoms with Crippen LogP contribution in [0.25, 0.3) is 0 Å². The number of aromatic nitrogens is 1. The molecule has 1 aliphatic rings.